The number of anilines is 1. The zero-order valence-electron chi connectivity index (χ0n) is 16.9. The number of aliphatic carboxylic acids is 2. The summed E-state index contributed by atoms with van der Waals surface area (Å²) < 4.78 is 26.3. The summed E-state index contributed by atoms with van der Waals surface area (Å²) in [5.41, 5.74) is 3.09. The van der Waals surface area contributed by atoms with E-state index in [2.05, 4.69) is 25.1 Å². The summed E-state index contributed by atoms with van der Waals surface area (Å²) in [4.78, 5) is 35.1. The molecule has 16 heteroatoms. The van der Waals surface area contributed by atoms with Crippen molar-refractivity contribution in [1.29, 1.82) is 0 Å². The van der Waals surface area contributed by atoms with Gasteiger partial charge in [0, 0.05) is 19.7 Å². The third-order valence-electron chi connectivity index (χ3n) is 4.85. The average molecular weight is 488 g/mol. The lowest BCUT2D eigenvalue weighted by atomic mass is 9.96. The number of carbonyl (C=O) groups is 2. The van der Waals surface area contributed by atoms with Crippen LogP contribution in [0.25, 0.3) is 11.2 Å². The minimum absolute atomic E-state index is 0.0374. The number of nitrogens with two attached hydrogens (primary N) is 1. The maximum atomic E-state index is 15.2. The fourth-order valence-corrected chi connectivity index (χ4v) is 3.21. The molecular weight excluding hydrogens is 469 g/mol. The number of hydrogen-bond donors (Lipinski definition) is 5. The predicted molar refractivity (Wildman–Crippen MR) is 108 cm³/mol. The average Bonchev–Trinajstić information content (AvgIpc) is 3.41. The van der Waals surface area contributed by atoms with E-state index in [1.54, 1.807) is 0 Å². The molecule has 3 aromatic rings. The van der Waals surface area contributed by atoms with Crippen LogP contribution in [0.5, 0.6) is 0 Å². The lowest BCUT2D eigenvalue weighted by Crippen LogP contribution is -2.53. The second-order valence-corrected chi connectivity index (χ2v) is 7.21. The van der Waals surface area contributed by atoms with E-state index in [-0.39, 0.29) is 27.8 Å². The normalized spacial score (nSPS) is 14.8. The van der Waals surface area contributed by atoms with E-state index in [1.165, 1.54) is 12.4 Å². The van der Waals surface area contributed by atoms with E-state index in [0.717, 1.165) is 18.0 Å². The molecule has 0 aromatic carbocycles. The van der Waals surface area contributed by atoms with Crippen molar-refractivity contribution in [3.8, 4) is 0 Å². The van der Waals surface area contributed by atoms with Crippen LogP contribution in [0.3, 0.4) is 0 Å². The lowest BCUT2D eigenvalue weighted by molar-refractivity contribution is -0.192. The van der Waals surface area contributed by atoms with Gasteiger partial charge in [0.15, 0.2) is 11.5 Å². The van der Waals surface area contributed by atoms with Crippen molar-refractivity contribution in [3.05, 3.63) is 29.6 Å². The molecule has 3 rings (SSSR count). The number of aliphatic hydroxyl groups is 1. The number of aromatic amines is 1. The molecule has 0 saturated carbocycles. The second kappa shape index (κ2) is 9.62. The Morgan fingerprint density at radius 1 is 1.36 bits per heavy atom. The molecule has 0 amide bonds. The van der Waals surface area contributed by atoms with Crippen LogP contribution in [0, 0.1) is 0 Å². The Hall–Kier alpha value is -3.40. The highest BCUT2D eigenvalue weighted by Crippen LogP contribution is 2.27. The van der Waals surface area contributed by atoms with Gasteiger partial charge in [0.1, 0.15) is 17.7 Å². The van der Waals surface area contributed by atoms with Crippen LogP contribution < -0.4 is 5.73 Å². The van der Waals surface area contributed by atoms with Crippen LogP contribution in [-0.4, -0.2) is 88.5 Å². The molecule has 0 aliphatic rings. The van der Waals surface area contributed by atoms with Gasteiger partial charge in [-0.1, -0.05) is 0 Å². The fourth-order valence-electron chi connectivity index (χ4n) is 3.04. The van der Waals surface area contributed by atoms with Crippen LogP contribution in [-0.2, 0) is 25.5 Å². The number of H-pyrrole nitrogens is 1. The topological polar surface area (TPSA) is 212 Å². The van der Waals surface area contributed by atoms with E-state index in [4.69, 9.17) is 26.8 Å². The molecular formula is C17H19ClFN7O7. The monoisotopic (exact) mass is 487 g/mol. The van der Waals surface area contributed by atoms with Gasteiger partial charge in [-0.15, -0.1) is 0 Å². The first-order valence-electron chi connectivity index (χ1n) is 9.19. The number of hydrogen-bond acceptors (Lipinski definition) is 10. The molecule has 14 nitrogen and oxygen atoms in total. The quantitative estimate of drug-likeness (QED) is 0.176. The highest BCUT2D eigenvalue weighted by atomic mass is 35.5. The lowest BCUT2D eigenvalue weighted by Gasteiger charge is -2.30. The van der Waals surface area contributed by atoms with Crippen molar-refractivity contribution in [2.45, 2.75) is 30.5 Å². The molecule has 3 atom stereocenters. The summed E-state index contributed by atoms with van der Waals surface area (Å²) in [6.07, 6.45) is -2.75. The van der Waals surface area contributed by atoms with Gasteiger partial charge in [0.25, 0.3) is 5.60 Å². The summed E-state index contributed by atoms with van der Waals surface area (Å²) in [7, 11) is 1.10. The second-order valence-electron chi connectivity index (χ2n) is 6.87. The Balaban J connectivity index is 1.83. The molecule has 3 aromatic heterocycles. The zero-order valence-corrected chi connectivity index (χ0v) is 17.7. The summed E-state index contributed by atoms with van der Waals surface area (Å²) in [5.74, 6) is -3.72. The number of alkyl halides is 1. The van der Waals surface area contributed by atoms with Crippen molar-refractivity contribution in [2.24, 2.45) is 0 Å². The summed E-state index contributed by atoms with van der Waals surface area (Å²) in [6.45, 7) is -0.793. The molecule has 0 fully saturated rings. The van der Waals surface area contributed by atoms with Crippen LogP contribution in [0.4, 0.5) is 10.2 Å². The first-order chi connectivity index (χ1) is 15.6. The van der Waals surface area contributed by atoms with Crippen molar-refractivity contribution in [2.75, 3.05) is 19.5 Å². The van der Waals surface area contributed by atoms with Crippen LogP contribution in [0.1, 0.15) is 11.9 Å². The standard InChI is InChI=1S/C17H19ClFN7O7/c1-32-8(5-33-17(14(28)29,15(30)31)2-7-3-22-23-4-7)10(27)11(19)26-6-21-9-12(20)24-16(18)25-13(9)26/h3-4,6,8,10-11,27H,2,5H2,1H3,(H,22,23)(H,28,29)(H,30,31)(H2,20,24,25)/t8-,10-,11-/m1/s1. The highest BCUT2D eigenvalue weighted by Gasteiger charge is 2.49. The van der Waals surface area contributed by atoms with Gasteiger partial charge in [0.05, 0.1) is 19.1 Å². The molecule has 33 heavy (non-hydrogen) atoms. The van der Waals surface area contributed by atoms with Gasteiger partial charge < -0.3 is 30.5 Å². The highest BCUT2D eigenvalue weighted by molar-refractivity contribution is 6.28. The van der Waals surface area contributed by atoms with Crippen molar-refractivity contribution < 1.29 is 38.8 Å². The number of nitrogen functional groups attached to an aromatic ring is 1. The number of aliphatic hydroxyl groups excluding tert-OH is 1. The minimum atomic E-state index is -2.75. The summed E-state index contributed by atoms with van der Waals surface area (Å²) >= 11 is 5.75. The van der Waals surface area contributed by atoms with Crippen LogP contribution in [0.15, 0.2) is 18.7 Å². The number of imidazole rings is 1. The molecule has 0 aliphatic carbocycles. The van der Waals surface area contributed by atoms with Gasteiger partial charge in [-0.2, -0.15) is 15.1 Å². The number of halogens is 2. The maximum absolute atomic E-state index is 15.2. The number of rotatable bonds is 11. The van der Waals surface area contributed by atoms with Gasteiger partial charge in [-0.25, -0.2) is 19.0 Å². The van der Waals surface area contributed by atoms with Crippen LogP contribution in [0.2, 0.25) is 5.28 Å². The smallest absolute Gasteiger partial charge is 0.348 e. The van der Waals surface area contributed by atoms with Crippen molar-refractivity contribution >= 4 is 40.5 Å². The Kier molecular flexibility index (Phi) is 7.06. The van der Waals surface area contributed by atoms with E-state index >= 15 is 4.39 Å². The summed E-state index contributed by atoms with van der Waals surface area (Å²) in [5, 5.41) is 35.5. The molecule has 0 aliphatic heterocycles. The number of carboxylic acids is 2. The third-order valence-corrected chi connectivity index (χ3v) is 5.01. The van der Waals surface area contributed by atoms with Crippen molar-refractivity contribution in [1.82, 2.24) is 29.7 Å². The predicted octanol–water partition coefficient (Wildman–Crippen LogP) is -0.204. The van der Waals surface area contributed by atoms with Gasteiger partial charge in [-0.05, 0) is 17.2 Å². The minimum Gasteiger partial charge on any atom is -0.479 e. The molecule has 3 heterocycles. The van der Waals surface area contributed by atoms with Gasteiger partial charge >= 0.3 is 11.9 Å². The SMILES string of the molecule is CO[C@H](COC(Cc1cn[nH]c1)(C(=O)O)C(=O)O)[C@@H](O)[C@H](F)n1cnc2c(N)nc(Cl)nc21. The Morgan fingerprint density at radius 3 is 2.64 bits per heavy atom. The Labute approximate surface area is 189 Å². The number of ether oxygens (including phenoxy) is 2. The molecule has 0 saturated heterocycles. The molecule has 178 valence electrons. The molecule has 0 radical (unpaired) electrons. The van der Waals surface area contributed by atoms with E-state index < -0.39 is 49.1 Å². The van der Waals surface area contributed by atoms with Crippen molar-refractivity contribution in [3.63, 3.8) is 0 Å². The summed E-state index contributed by atoms with van der Waals surface area (Å²) in [6, 6.07) is 0. The van der Waals surface area contributed by atoms with E-state index in [9.17, 15) is 24.9 Å². The van der Waals surface area contributed by atoms with Crippen LogP contribution >= 0.6 is 11.6 Å². The number of fused-ring (bicyclic) bond motifs is 1. The molecule has 0 unspecified atom stereocenters. The number of nitrogens with one attached hydrogen (secondary N) is 1. The van der Waals surface area contributed by atoms with Gasteiger partial charge in [0.2, 0.25) is 11.6 Å². The van der Waals surface area contributed by atoms with E-state index in [0.29, 0.717) is 0 Å². The fraction of sp³-hybridized carbons (Fsp3) is 0.412. The number of carboxylic acid groups (broad SMARTS) is 2. The number of aromatic nitrogens is 6. The number of methoxy groups -OCH3 is 1. The van der Waals surface area contributed by atoms with Gasteiger partial charge in [-0.3, -0.25) is 9.67 Å². The molecule has 6 N–H and O–H groups in total. The Bertz CT molecular complexity index is 1130. The zero-order chi connectivity index (χ0) is 24.3. The first-order valence-corrected chi connectivity index (χ1v) is 9.57. The Morgan fingerprint density at radius 2 is 2.06 bits per heavy atom. The maximum Gasteiger partial charge on any atom is 0.348 e. The third kappa shape index (κ3) is 4.70. The molecule has 0 spiro atoms. The van der Waals surface area contributed by atoms with E-state index in [1.807, 2.05) is 0 Å². The first kappa shape index (κ1) is 24.2. The number of nitrogens with zero attached hydrogens (tertiary/aromatic N) is 5. The molecule has 0 bridgehead atoms. The largest absolute Gasteiger partial charge is 0.479 e.